The van der Waals surface area contributed by atoms with Crippen LogP contribution in [0.5, 0.6) is 0 Å². The second kappa shape index (κ2) is 3.30. The van der Waals surface area contributed by atoms with Crippen molar-refractivity contribution in [2.75, 3.05) is 0 Å². The fourth-order valence-electron chi connectivity index (χ4n) is 0.988. The topological polar surface area (TPSA) is 64.7 Å². The summed E-state index contributed by atoms with van der Waals surface area (Å²) >= 11 is 0. The molecule has 0 N–H and O–H groups in total. The highest BCUT2D eigenvalue weighted by molar-refractivity contribution is 5.02. The Morgan fingerprint density at radius 3 is 2.92 bits per heavy atom. The van der Waals surface area contributed by atoms with Gasteiger partial charge in [-0.05, 0) is 6.92 Å². The molecule has 2 aromatic heterocycles. The predicted octanol–water partition coefficient (Wildman–Crippen LogP) is 0.759. The van der Waals surface area contributed by atoms with Crippen molar-refractivity contribution >= 4 is 0 Å². The molecule has 5 heteroatoms. The third-order valence-electron chi connectivity index (χ3n) is 1.52. The van der Waals surface area contributed by atoms with Gasteiger partial charge in [0, 0.05) is 18.6 Å². The van der Waals surface area contributed by atoms with E-state index in [4.69, 9.17) is 4.52 Å². The van der Waals surface area contributed by atoms with Crippen molar-refractivity contribution in [2.24, 2.45) is 0 Å². The van der Waals surface area contributed by atoms with E-state index in [0.717, 1.165) is 5.69 Å². The molecule has 0 radical (unpaired) electrons. The van der Waals surface area contributed by atoms with E-state index in [2.05, 4.69) is 20.1 Å². The summed E-state index contributed by atoms with van der Waals surface area (Å²) < 4.78 is 4.94. The lowest BCUT2D eigenvalue weighted by molar-refractivity contribution is 0.380. The van der Waals surface area contributed by atoms with E-state index in [1.165, 1.54) is 0 Å². The van der Waals surface area contributed by atoms with E-state index in [9.17, 15) is 0 Å². The Labute approximate surface area is 74.8 Å². The molecule has 0 spiro atoms. The number of hydrogen-bond donors (Lipinski definition) is 0. The average molecular weight is 176 g/mol. The molecule has 2 aromatic rings. The van der Waals surface area contributed by atoms with Gasteiger partial charge in [0.1, 0.15) is 0 Å². The van der Waals surface area contributed by atoms with Gasteiger partial charge in [-0.3, -0.25) is 9.97 Å². The molecule has 0 unspecified atom stereocenters. The summed E-state index contributed by atoms with van der Waals surface area (Å²) in [5.41, 5.74) is 0.825. The minimum atomic E-state index is 0.536. The van der Waals surface area contributed by atoms with Crippen LogP contribution in [0.4, 0.5) is 0 Å². The van der Waals surface area contributed by atoms with E-state index in [-0.39, 0.29) is 0 Å². The van der Waals surface area contributed by atoms with Crippen molar-refractivity contribution < 1.29 is 4.52 Å². The summed E-state index contributed by atoms with van der Waals surface area (Å²) in [5, 5.41) is 3.68. The van der Waals surface area contributed by atoms with Gasteiger partial charge in [-0.2, -0.15) is 4.98 Å². The molecule has 2 rings (SSSR count). The Hall–Kier alpha value is -1.78. The van der Waals surface area contributed by atoms with Crippen molar-refractivity contribution in [1.29, 1.82) is 0 Å². The minimum Gasteiger partial charge on any atom is -0.339 e. The van der Waals surface area contributed by atoms with Crippen LogP contribution >= 0.6 is 0 Å². The van der Waals surface area contributed by atoms with Crippen LogP contribution < -0.4 is 0 Å². The highest BCUT2D eigenvalue weighted by atomic mass is 16.5. The monoisotopic (exact) mass is 176 g/mol. The number of rotatable bonds is 2. The Kier molecular flexibility index (Phi) is 1.99. The van der Waals surface area contributed by atoms with Crippen LogP contribution in [0.1, 0.15) is 17.4 Å². The summed E-state index contributed by atoms with van der Waals surface area (Å²) in [6, 6.07) is 0. The second-order valence-electron chi connectivity index (χ2n) is 2.61. The molecule has 0 saturated carbocycles. The molecule has 0 aliphatic rings. The maximum absolute atomic E-state index is 4.94. The summed E-state index contributed by atoms with van der Waals surface area (Å²) in [4.78, 5) is 12.1. The van der Waals surface area contributed by atoms with Crippen molar-refractivity contribution in [3.63, 3.8) is 0 Å². The second-order valence-corrected chi connectivity index (χ2v) is 2.61. The molecule has 0 aliphatic heterocycles. The molecule has 0 aromatic carbocycles. The first-order valence-corrected chi connectivity index (χ1v) is 3.88. The molecule has 0 amide bonds. The van der Waals surface area contributed by atoms with Gasteiger partial charge in [0.15, 0.2) is 5.82 Å². The Morgan fingerprint density at radius 2 is 2.31 bits per heavy atom. The van der Waals surface area contributed by atoms with Gasteiger partial charge >= 0.3 is 0 Å². The first-order valence-electron chi connectivity index (χ1n) is 3.88. The first kappa shape index (κ1) is 7.85. The summed E-state index contributed by atoms with van der Waals surface area (Å²) in [5.74, 6) is 1.21. The van der Waals surface area contributed by atoms with Gasteiger partial charge in [0.05, 0.1) is 12.1 Å². The number of aromatic nitrogens is 4. The van der Waals surface area contributed by atoms with Crippen molar-refractivity contribution in [3.8, 4) is 0 Å². The lowest BCUT2D eigenvalue weighted by Gasteiger charge is -1.91. The molecule has 0 atom stereocenters. The molecule has 66 valence electrons. The van der Waals surface area contributed by atoms with Crippen molar-refractivity contribution in [2.45, 2.75) is 13.3 Å². The van der Waals surface area contributed by atoms with Gasteiger partial charge in [0.2, 0.25) is 5.89 Å². The van der Waals surface area contributed by atoms with E-state index < -0.39 is 0 Å². The van der Waals surface area contributed by atoms with Crippen LogP contribution in [0.2, 0.25) is 0 Å². The summed E-state index contributed by atoms with van der Waals surface area (Å²) in [7, 11) is 0. The molecule has 0 bridgehead atoms. The van der Waals surface area contributed by atoms with Crippen molar-refractivity contribution in [1.82, 2.24) is 20.1 Å². The third-order valence-corrected chi connectivity index (χ3v) is 1.52. The minimum absolute atomic E-state index is 0.536. The highest BCUT2D eigenvalue weighted by Crippen LogP contribution is 2.02. The molecule has 5 nitrogen and oxygen atoms in total. The first-order chi connectivity index (χ1) is 6.34. The number of aryl methyl sites for hydroxylation is 1. The normalized spacial score (nSPS) is 10.2. The van der Waals surface area contributed by atoms with E-state index in [1.807, 2.05) is 0 Å². The lowest BCUT2D eigenvalue weighted by atomic mass is 10.3. The molecule has 2 heterocycles. The summed E-state index contributed by atoms with van der Waals surface area (Å²) in [6.07, 6.45) is 5.48. The van der Waals surface area contributed by atoms with Crippen molar-refractivity contribution in [3.05, 3.63) is 36.0 Å². The Morgan fingerprint density at radius 1 is 1.38 bits per heavy atom. The van der Waals surface area contributed by atoms with Gasteiger partial charge in [-0.25, -0.2) is 0 Å². The van der Waals surface area contributed by atoms with Crippen LogP contribution in [0.15, 0.2) is 23.1 Å². The van der Waals surface area contributed by atoms with Crippen LogP contribution in [-0.4, -0.2) is 20.1 Å². The largest absolute Gasteiger partial charge is 0.339 e. The SMILES string of the molecule is Cc1noc(Cc2cnccn2)n1. The predicted molar refractivity (Wildman–Crippen MR) is 43.9 cm³/mol. The quantitative estimate of drug-likeness (QED) is 0.675. The third kappa shape index (κ3) is 1.87. The zero-order chi connectivity index (χ0) is 9.10. The van der Waals surface area contributed by atoms with Gasteiger partial charge in [0.25, 0.3) is 0 Å². The highest BCUT2D eigenvalue weighted by Gasteiger charge is 2.04. The zero-order valence-electron chi connectivity index (χ0n) is 7.14. The maximum atomic E-state index is 4.94. The van der Waals surface area contributed by atoms with Crippen LogP contribution in [0, 0.1) is 6.92 Å². The molecule has 0 saturated heterocycles. The number of nitrogens with zero attached hydrogens (tertiary/aromatic N) is 4. The molecule has 0 fully saturated rings. The standard InChI is InChI=1S/C8H8N4O/c1-6-11-8(13-12-6)4-7-5-9-2-3-10-7/h2-3,5H,4H2,1H3. The fraction of sp³-hybridized carbons (Fsp3) is 0.250. The fourth-order valence-corrected chi connectivity index (χ4v) is 0.988. The number of hydrogen-bond acceptors (Lipinski definition) is 5. The summed E-state index contributed by atoms with van der Waals surface area (Å²) in [6.45, 7) is 1.78. The molecular formula is C8H8N4O. The van der Waals surface area contributed by atoms with E-state index in [0.29, 0.717) is 18.1 Å². The van der Waals surface area contributed by atoms with E-state index >= 15 is 0 Å². The van der Waals surface area contributed by atoms with Crippen LogP contribution in [-0.2, 0) is 6.42 Å². The van der Waals surface area contributed by atoms with Crippen LogP contribution in [0.3, 0.4) is 0 Å². The average Bonchev–Trinajstić information content (AvgIpc) is 2.53. The maximum Gasteiger partial charge on any atom is 0.232 e. The zero-order valence-corrected chi connectivity index (χ0v) is 7.14. The molecular weight excluding hydrogens is 168 g/mol. The molecule has 0 aliphatic carbocycles. The van der Waals surface area contributed by atoms with Gasteiger partial charge in [-0.15, -0.1) is 0 Å². The smallest absolute Gasteiger partial charge is 0.232 e. The lowest BCUT2D eigenvalue weighted by Crippen LogP contribution is -1.92. The Balaban J connectivity index is 2.15. The van der Waals surface area contributed by atoms with Gasteiger partial charge in [-0.1, -0.05) is 5.16 Å². The molecule has 13 heavy (non-hydrogen) atoms. The van der Waals surface area contributed by atoms with E-state index in [1.54, 1.807) is 25.5 Å². The van der Waals surface area contributed by atoms with Crippen LogP contribution in [0.25, 0.3) is 0 Å². The Bertz CT molecular complexity index is 384. The van der Waals surface area contributed by atoms with Gasteiger partial charge < -0.3 is 4.52 Å².